The molecule has 4 heterocycles. The first-order chi connectivity index (χ1) is 15.2. The van der Waals surface area contributed by atoms with Gasteiger partial charge in [0.25, 0.3) is 0 Å². The van der Waals surface area contributed by atoms with Crippen molar-refractivity contribution in [1.82, 2.24) is 19.9 Å². The number of benzene rings is 2. The number of halogens is 1. The summed E-state index contributed by atoms with van der Waals surface area (Å²) < 4.78 is 21.2. The summed E-state index contributed by atoms with van der Waals surface area (Å²) in [5, 5.41) is 1.43. The molecule has 2 aromatic carbocycles. The number of furan rings is 1. The molecule has 0 aliphatic carbocycles. The number of thiazole rings is 1. The molecule has 0 radical (unpaired) electrons. The molecule has 5 aromatic rings. The molecule has 1 amide bonds. The molecule has 6 nitrogen and oxygen atoms in total. The molecule has 0 bridgehead atoms. The van der Waals surface area contributed by atoms with Gasteiger partial charge in [0.1, 0.15) is 16.8 Å². The van der Waals surface area contributed by atoms with Gasteiger partial charge in [-0.15, -0.1) is 11.3 Å². The molecule has 1 unspecified atom stereocenters. The van der Waals surface area contributed by atoms with Gasteiger partial charge in [-0.05, 0) is 24.3 Å². The number of rotatable bonds is 3. The number of carbonyl (C=O) groups excluding carboxylic acids is 1. The Balaban J connectivity index is 1.39. The summed E-state index contributed by atoms with van der Waals surface area (Å²) in [7, 11) is 0. The first-order valence-corrected chi connectivity index (χ1v) is 10.8. The molecule has 154 valence electrons. The van der Waals surface area contributed by atoms with E-state index in [0.29, 0.717) is 24.1 Å². The number of para-hydroxylation sites is 2. The van der Waals surface area contributed by atoms with Gasteiger partial charge < -0.3 is 14.3 Å². The van der Waals surface area contributed by atoms with Gasteiger partial charge in [-0.2, -0.15) is 0 Å². The van der Waals surface area contributed by atoms with Crippen molar-refractivity contribution < 1.29 is 13.6 Å². The summed E-state index contributed by atoms with van der Waals surface area (Å²) in [5.41, 5.74) is 2.80. The monoisotopic (exact) mass is 432 g/mol. The predicted molar refractivity (Wildman–Crippen MR) is 115 cm³/mol. The molecule has 1 aliphatic rings. The average molecular weight is 432 g/mol. The minimum Gasteiger partial charge on any atom is -0.455 e. The van der Waals surface area contributed by atoms with E-state index in [0.717, 1.165) is 26.6 Å². The van der Waals surface area contributed by atoms with Crippen LogP contribution in [-0.4, -0.2) is 32.3 Å². The van der Waals surface area contributed by atoms with Crippen molar-refractivity contribution in [3.05, 3.63) is 82.8 Å². The number of nitrogens with one attached hydrogen (secondary N) is 1. The third kappa shape index (κ3) is 3.02. The lowest BCUT2D eigenvalue weighted by molar-refractivity contribution is -0.133. The molecule has 1 N–H and O–H groups in total. The van der Waals surface area contributed by atoms with E-state index in [9.17, 15) is 9.18 Å². The van der Waals surface area contributed by atoms with E-state index in [1.54, 1.807) is 29.4 Å². The SMILES string of the molecule is O=C(Cc1nc2ccccc2s1)N1CCc2[nH]cnc2C1c1cc2cccc(F)c2o1. The van der Waals surface area contributed by atoms with Crippen LogP contribution in [0.2, 0.25) is 0 Å². The zero-order valence-corrected chi connectivity index (χ0v) is 17.2. The van der Waals surface area contributed by atoms with E-state index < -0.39 is 11.9 Å². The maximum Gasteiger partial charge on any atom is 0.230 e. The van der Waals surface area contributed by atoms with Crippen LogP contribution in [0.5, 0.6) is 0 Å². The Morgan fingerprint density at radius 1 is 1.26 bits per heavy atom. The second kappa shape index (κ2) is 7.02. The van der Waals surface area contributed by atoms with Crippen LogP contribution in [0.4, 0.5) is 4.39 Å². The van der Waals surface area contributed by atoms with Crippen molar-refractivity contribution in [3.63, 3.8) is 0 Å². The minimum atomic E-state index is -0.510. The van der Waals surface area contributed by atoms with Gasteiger partial charge >= 0.3 is 0 Å². The third-order valence-corrected chi connectivity index (χ3v) is 6.71. The number of imidazole rings is 1. The highest BCUT2D eigenvalue weighted by Crippen LogP contribution is 2.37. The van der Waals surface area contributed by atoms with Crippen molar-refractivity contribution in [1.29, 1.82) is 0 Å². The number of fused-ring (bicyclic) bond motifs is 3. The Labute approximate surface area is 180 Å². The van der Waals surface area contributed by atoms with Crippen LogP contribution in [0.1, 0.15) is 28.2 Å². The maximum absolute atomic E-state index is 14.2. The second-order valence-corrected chi connectivity index (χ2v) is 8.68. The summed E-state index contributed by atoms with van der Waals surface area (Å²) in [6.45, 7) is 0.517. The quantitative estimate of drug-likeness (QED) is 0.451. The lowest BCUT2D eigenvalue weighted by Crippen LogP contribution is -2.41. The summed E-state index contributed by atoms with van der Waals surface area (Å²) in [5.74, 6) is 0.0265. The number of aromatic amines is 1. The fraction of sp³-hybridized carbons (Fsp3) is 0.174. The second-order valence-electron chi connectivity index (χ2n) is 7.57. The highest BCUT2D eigenvalue weighted by atomic mass is 32.1. The molecule has 0 spiro atoms. The van der Waals surface area contributed by atoms with Crippen molar-refractivity contribution in [2.24, 2.45) is 0 Å². The van der Waals surface area contributed by atoms with Crippen LogP contribution in [0.3, 0.4) is 0 Å². The van der Waals surface area contributed by atoms with E-state index >= 15 is 0 Å². The molecule has 6 rings (SSSR count). The Bertz CT molecular complexity index is 1400. The zero-order chi connectivity index (χ0) is 20.9. The van der Waals surface area contributed by atoms with Gasteiger partial charge in [0, 0.05) is 24.0 Å². The smallest absolute Gasteiger partial charge is 0.230 e. The summed E-state index contributed by atoms with van der Waals surface area (Å²) in [6, 6.07) is 14.0. The molecule has 0 saturated carbocycles. The molecule has 8 heteroatoms. The fourth-order valence-corrected chi connectivity index (χ4v) is 5.20. The lowest BCUT2D eigenvalue weighted by Gasteiger charge is -2.33. The van der Waals surface area contributed by atoms with Crippen LogP contribution in [0.15, 0.2) is 59.3 Å². The minimum absolute atomic E-state index is 0.0568. The van der Waals surface area contributed by atoms with E-state index in [2.05, 4.69) is 15.0 Å². The number of H-pyrrole nitrogens is 1. The van der Waals surface area contributed by atoms with E-state index in [1.165, 1.54) is 17.4 Å². The Morgan fingerprint density at radius 2 is 2.16 bits per heavy atom. The number of hydrogen-bond acceptors (Lipinski definition) is 5. The Hall–Kier alpha value is -3.52. The molecule has 1 atom stereocenters. The number of amides is 1. The summed E-state index contributed by atoms with van der Waals surface area (Å²) in [6.07, 6.45) is 2.50. The van der Waals surface area contributed by atoms with E-state index in [-0.39, 0.29) is 17.9 Å². The third-order valence-electron chi connectivity index (χ3n) is 5.67. The average Bonchev–Trinajstić information content (AvgIpc) is 3.50. The molecule has 0 saturated heterocycles. The topological polar surface area (TPSA) is 75.0 Å². The van der Waals surface area contributed by atoms with Crippen molar-refractivity contribution in [2.45, 2.75) is 18.9 Å². The summed E-state index contributed by atoms with van der Waals surface area (Å²) in [4.78, 5) is 27.4. The molecular formula is C23H17FN4O2S. The predicted octanol–water partition coefficient (Wildman–Crippen LogP) is 4.62. The largest absolute Gasteiger partial charge is 0.455 e. The van der Waals surface area contributed by atoms with Gasteiger partial charge in [-0.1, -0.05) is 24.3 Å². The molecule has 3 aromatic heterocycles. The van der Waals surface area contributed by atoms with Crippen LogP contribution >= 0.6 is 11.3 Å². The highest BCUT2D eigenvalue weighted by molar-refractivity contribution is 7.18. The van der Waals surface area contributed by atoms with Crippen LogP contribution in [0.25, 0.3) is 21.2 Å². The van der Waals surface area contributed by atoms with E-state index in [1.807, 2.05) is 24.3 Å². The first-order valence-electron chi connectivity index (χ1n) is 10.0. The van der Waals surface area contributed by atoms with Gasteiger partial charge in [0.05, 0.1) is 28.7 Å². The molecular weight excluding hydrogens is 415 g/mol. The van der Waals surface area contributed by atoms with Crippen molar-refractivity contribution in [2.75, 3.05) is 6.54 Å². The molecule has 31 heavy (non-hydrogen) atoms. The van der Waals surface area contributed by atoms with Crippen molar-refractivity contribution >= 4 is 38.4 Å². The van der Waals surface area contributed by atoms with Crippen LogP contribution < -0.4 is 0 Å². The van der Waals surface area contributed by atoms with Crippen LogP contribution in [-0.2, 0) is 17.6 Å². The van der Waals surface area contributed by atoms with Gasteiger partial charge in [0.15, 0.2) is 11.4 Å². The number of aromatic nitrogens is 3. The Kier molecular flexibility index (Phi) is 4.14. The number of hydrogen-bond donors (Lipinski definition) is 1. The molecule has 0 fully saturated rings. The lowest BCUT2D eigenvalue weighted by atomic mass is 9.99. The fourth-order valence-electron chi connectivity index (χ4n) is 4.24. The van der Waals surface area contributed by atoms with Gasteiger partial charge in [-0.3, -0.25) is 4.79 Å². The number of carbonyl (C=O) groups is 1. The van der Waals surface area contributed by atoms with E-state index in [4.69, 9.17) is 4.42 Å². The number of nitrogens with zero attached hydrogens (tertiary/aromatic N) is 3. The maximum atomic E-state index is 14.2. The van der Waals surface area contributed by atoms with Crippen LogP contribution in [0, 0.1) is 5.82 Å². The summed E-state index contributed by atoms with van der Waals surface area (Å²) >= 11 is 1.53. The van der Waals surface area contributed by atoms with Gasteiger partial charge in [-0.25, -0.2) is 14.4 Å². The van der Waals surface area contributed by atoms with Gasteiger partial charge in [0.2, 0.25) is 5.91 Å². The van der Waals surface area contributed by atoms with Crippen molar-refractivity contribution in [3.8, 4) is 0 Å². The Morgan fingerprint density at radius 3 is 3.03 bits per heavy atom. The highest BCUT2D eigenvalue weighted by Gasteiger charge is 2.36. The zero-order valence-electron chi connectivity index (χ0n) is 16.3. The molecule has 1 aliphatic heterocycles. The standard InChI is InChI=1S/C23H17FN4O2S/c24-14-5-3-4-13-10-17(30-23(13)14)22-21-16(25-12-26-21)8-9-28(22)20(29)11-19-27-15-6-1-2-7-18(15)31-19/h1-7,10,12,22H,8-9,11H2,(H,25,26). The first kappa shape index (κ1) is 18.3. The normalized spacial score (nSPS) is 16.2.